The zero-order valence-corrected chi connectivity index (χ0v) is 10.9. The van der Waals surface area contributed by atoms with Crippen LogP contribution in [0.3, 0.4) is 0 Å². The maximum Gasteiger partial charge on any atom is 0.303 e. The van der Waals surface area contributed by atoms with Crippen LogP contribution >= 0.6 is 0 Å². The van der Waals surface area contributed by atoms with Crippen molar-refractivity contribution in [3.05, 3.63) is 0 Å². The van der Waals surface area contributed by atoms with E-state index in [0.29, 0.717) is 24.0 Å². The van der Waals surface area contributed by atoms with E-state index in [-0.39, 0.29) is 13.0 Å². The van der Waals surface area contributed by atoms with Crippen molar-refractivity contribution in [3.8, 4) is 0 Å². The Hall–Kier alpha value is -0.610. The van der Waals surface area contributed by atoms with Gasteiger partial charge in [0.1, 0.15) is 0 Å². The third-order valence-corrected chi connectivity index (χ3v) is 4.48. The second-order valence-corrected chi connectivity index (χ2v) is 5.65. The van der Waals surface area contributed by atoms with Gasteiger partial charge in [0.25, 0.3) is 0 Å². The average molecular weight is 256 g/mol. The lowest BCUT2D eigenvalue weighted by Crippen LogP contribution is -2.29. The number of ether oxygens (including phenoxy) is 1. The first-order chi connectivity index (χ1) is 8.72. The molecule has 0 spiro atoms. The highest BCUT2D eigenvalue weighted by Crippen LogP contribution is 2.45. The fourth-order valence-corrected chi connectivity index (χ4v) is 3.53. The van der Waals surface area contributed by atoms with Crippen LogP contribution in [0, 0.1) is 11.8 Å². The topological polar surface area (TPSA) is 66.8 Å². The number of aliphatic carboxylic acids is 1. The Labute approximate surface area is 108 Å². The average Bonchev–Trinajstić information content (AvgIpc) is 2.93. The minimum absolute atomic E-state index is 0.255. The Morgan fingerprint density at radius 2 is 1.72 bits per heavy atom. The first-order valence-corrected chi connectivity index (χ1v) is 7.20. The van der Waals surface area contributed by atoms with E-state index in [9.17, 15) is 9.90 Å². The summed E-state index contributed by atoms with van der Waals surface area (Å²) in [6, 6.07) is 0. The van der Waals surface area contributed by atoms with Gasteiger partial charge in [-0.05, 0) is 31.6 Å². The standard InChI is InChI=1S/C14H24O4/c15-9-11-10(12-7-8-13(11)18-12)5-3-1-2-4-6-14(16)17/h10-13,15H,1-9H2,(H,16,17). The molecule has 0 saturated carbocycles. The molecule has 2 fully saturated rings. The van der Waals surface area contributed by atoms with Crippen molar-refractivity contribution in [1.29, 1.82) is 0 Å². The predicted octanol–water partition coefficient (Wildman–Crippen LogP) is 2.20. The normalized spacial score (nSPS) is 34.1. The fourth-order valence-electron chi connectivity index (χ4n) is 3.53. The molecule has 4 unspecified atom stereocenters. The number of aliphatic hydroxyl groups is 1. The molecule has 4 nitrogen and oxygen atoms in total. The van der Waals surface area contributed by atoms with Gasteiger partial charge in [-0.2, -0.15) is 0 Å². The van der Waals surface area contributed by atoms with E-state index in [2.05, 4.69) is 0 Å². The van der Waals surface area contributed by atoms with Gasteiger partial charge < -0.3 is 14.9 Å². The van der Waals surface area contributed by atoms with E-state index in [4.69, 9.17) is 9.84 Å². The number of carboxylic acids is 1. The van der Waals surface area contributed by atoms with Crippen molar-refractivity contribution in [2.75, 3.05) is 6.61 Å². The first kappa shape index (κ1) is 13.8. The molecular formula is C14H24O4. The number of hydrogen-bond donors (Lipinski definition) is 2. The van der Waals surface area contributed by atoms with E-state index in [1.165, 1.54) is 0 Å². The molecule has 4 heteroatoms. The lowest BCUT2D eigenvalue weighted by atomic mass is 9.77. The molecule has 18 heavy (non-hydrogen) atoms. The third-order valence-electron chi connectivity index (χ3n) is 4.48. The second kappa shape index (κ2) is 6.53. The molecule has 2 bridgehead atoms. The van der Waals surface area contributed by atoms with E-state index < -0.39 is 5.97 Å². The minimum Gasteiger partial charge on any atom is -0.481 e. The molecule has 0 aliphatic carbocycles. The van der Waals surface area contributed by atoms with Crippen LogP contribution in [0.4, 0.5) is 0 Å². The lowest BCUT2D eigenvalue weighted by molar-refractivity contribution is -0.137. The van der Waals surface area contributed by atoms with Gasteiger partial charge in [0.15, 0.2) is 0 Å². The zero-order chi connectivity index (χ0) is 13.0. The lowest BCUT2D eigenvalue weighted by Gasteiger charge is -2.26. The first-order valence-electron chi connectivity index (χ1n) is 7.20. The summed E-state index contributed by atoms with van der Waals surface area (Å²) in [5, 5.41) is 18.0. The summed E-state index contributed by atoms with van der Waals surface area (Å²) in [6.45, 7) is 0.255. The molecule has 2 N–H and O–H groups in total. The summed E-state index contributed by atoms with van der Waals surface area (Å²) >= 11 is 0. The van der Waals surface area contributed by atoms with E-state index in [0.717, 1.165) is 44.9 Å². The summed E-state index contributed by atoms with van der Waals surface area (Å²) < 4.78 is 5.86. The van der Waals surface area contributed by atoms with Gasteiger partial charge in [-0.25, -0.2) is 0 Å². The highest BCUT2D eigenvalue weighted by Gasteiger charge is 2.47. The van der Waals surface area contributed by atoms with Crippen LogP contribution in [0.15, 0.2) is 0 Å². The smallest absolute Gasteiger partial charge is 0.303 e. The number of unbranched alkanes of at least 4 members (excludes halogenated alkanes) is 3. The predicted molar refractivity (Wildman–Crippen MR) is 67.3 cm³/mol. The molecular weight excluding hydrogens is 232 g/mol. The van der Waals surface area contributed by atoms with Crippen molar-refractivity contribution >= 4 is 5.97 Å². The van der Waals surface area contributed by atoms with Crippen LogP contribution in [0.1, 0.15) is 51.4 Å². The molecule has 2 rings (SSSR count). The molecule has 2 aliphatic rings. The molecule has 104 valence electrons. The molecule has 0 aromatic rings. The maximum atomic E-state index is 10.4. The molecule has 0 amide bonds. The highest BCUT2D eigenvalue weighted by molar-refractivity contribution is 5.66. The Kier molecular flexibility index (Phi) is 5.01. The molecule has 0 aromatic heterocycles. The molecule has 2 aliphatic heterocycles. The van der Waals surface area contributed by atoms with Crippen molar-refractivity contribution in [2.24, 2.45) is 11.8 Å². The number of carboxylic acid groups (broad SMARTS) is 1. The molecule has 0 radical (unpaired) electrons. The van der Waals surface area contributed by atoms with Crippen molar-refractivity contribution < 1.29 is 19.7 Å². The second-order valence-electron chi connectivity index (χ2n) is 5.65. The molecule has 4 atom stereocenters. The van der Waals surface area contributed by atoms with Crippen LogP contribution in [0.2, 0.25) is 0 Å². The zero-order valence-electron chi connectivity index (χ0n) is 10.9. The highest BCUT2D eigenvalue weighted by atomic mass is 16.5. The largest absolute Gasteiger partial charge is 0.481 e. The summed E-state index contributed by atoms with van der Waals surface area (Å²) in [5.41, 5.74) is 0. The number of hydrogen-bond acceptors (Lipinski definition) is 3. The van der Waals surface area contributed by atoms with Crippen LogP contribution in [0.25, 0.3) is 0 Å². The fraction of sp³-hybridized carbons (Fsp3) is 0.929. The quantitative estimate of drug-likeness (QED) is 0.653. The maximum absolute atomic E-state index is 10.4. The Morgan fingerprint density at radius 1 is 1.06 bits per heavy atom. The molecule has 2 heterocycles. The SMILES string of the molecule is O=C(O)CCCCCCC1C2CCC(O2)C1CO. The number of fused-ring (bicyclic) bond motifs is 2. The third kappa shape index (κ3) is 3.23. The van der Waals surface area contributed by atoms with E-state index in [1.54, 1.807) is 0 Å². The van der Waals surface area contributed by atoms with Crippen LogP contribution in [-0.4, -0.2) is 35.0 Å². The number of aliphatic hydroxyl groups excluding tert-OH is 1. The summed E-state index contributed by atoms with van der Waals surface area (Å²) in [7, 11) is 0. The van der Waals surface area contributed by atoms with Gasteiger partial charge in [-0.3, -0.25) is 4.79 Å². The van der Waals surface area contributed by atoms with Crippen molar-refractivity contribution in [2.45, 2.75) is 63.6 Å². The van der Waals surface area contributed by atoms with Gasteiger partial charge in [0, 0.05) is 18.9 Å². The monoisotopic (exact) mass is 256 g/mol. The number of carbonyl (C=O) groups is 1. The molecule has 0 aromatic carbocycles. The summed E-state index contributed by atoms with van der Waals surface area (Å²) in [4.78, 5) is 10.4. The van der Waals surface area contributed by atoms with Gasteiger partial charge in [-0.1, -0.05) is 19.3 Å². The Morgan fingerprint density at radius 3 is 2.39 bits per heavy atom. The van der Waals surface area contributed by atoms with Crippen molar-refractivity contribution in [3.63, 3.8) is 0 Å². The van der Waals surface area contributed by atoms with E-state index >= 15 is 0 Å². The Bertz CT molecular complexity index is 279. The van der Waals surface area contributed by atoms with Gasteiger partial charge in [0.2, 0.25) is 0 Å². The Balaban J connectivity index is 1.60. The summed E-state index contributed by atoms with van der Waals surface area (Å²) in [5.74, 6) is 0.188. The minimum atomic E-state index is -0.697. The molecule has 2 saturated heterocycles. The van der Waals surface area contributed by atoms with E-state index in [1.807, 2.05) is 0 Å². The van der Waals surface area contributed by atoms with Crippen LogP contribution in [-0.2, 0) is 9.53 Å². The van der Waals surface area contributed by atoms with Gasteiger partial charge in [-0.15, -0.1) is 0 Å². The van der Waals surface area contributed by atoms with Crippen LogP contribution in [0.5, 0.6) is 0 Å². The summed E-state index contributed by atoms with van der Waals surface area (Å²) in [6.07, 6.45) is 8.38. The number of rotatable bonds is 8. The van der Waals surface area contributed by atoms with Gasteiger partial charge in [0.05, 0.1) is 12.2 Å². The van der Waals surface area contributed by atoms with Gasteiger partial charge >= 0.3 is 5.97 Å². The van der Waals surface area contributed by atoms with Crippen molar-refractivity contribution in [1.82, 2.24) is 0 Å². The van der Waals surface area contributed by atoms with Crippen LogP contribution < -0.4 is 0 Å².